The molecule has 1 aromatic rings. The van der Waals surface area contributed by atoms with Gasteiger partial charge in [0.1, 0.15) is 5.94 Å². The lowest BCUT2D eigenvalue weighted by Gasteiger charge is -1.99. The van der Waals surface area contributed by atoms with Gasteiger partial charge in [0.15, 0.2) is 0 Å². The smallest absolute Gasteiger partial charge is 0.128 e. The fourth-order valence-corrected chi connectivity index (χ4v) is 1.20. The molecule has 0 spiro atoms. The molecule has 12 heavy (non-hydrogen) atoms. The van der Waals surface area contributed by atoms with Crippen LogP contribution in [0.25, 0.3) is 5.57 Å². The fourth-order valence-electron chi connectivity index (χ4n) is 1.01. The summed E-state index contributed by atoms with van der Waals surface area (Å²) in [6.45, 7) is 1.92. The highest BCUT2D eigenvalue weighted by Crippen LogP contribution is 2.18. The van der Waals surface area contributed by atoms with Crippen LogP contribution in [-0.4, -0.2) is 5.94 Å². The molecule has 1 aromatic carbocycles. The molecule has 0 saturated heterocycles. The first-order valence-corrected chi connectivity index (χ1v) is 4.15. The van der Waals surface area contributed by atoms with Crippen molar-refractivity contribution in [3.8, 4) is 0 Å². The average molecular weight is 181 g/mol. The Bertz CT molecular complexity index is 324. The summed E-state index contributed by atoms with van der Waals surface area (Å²) in [6, 6.07) is 7.23. The molecule has 0 unspecified atom stereocenters. The number of carbonyl (C=O) groups excluding carboxylic acids is 1. The van der Waals surface area contributed by atoms with E-state index in [4.69, 9.17) is 11.6 Å². The highest BCUT2D eigenvalue weighted by molar-refractivity contribution is 6.30. The Balaban J connectivity index is 3.10. The zero-order valence-electron chi connectivity index (χ0n) is 6.80. The molecule has 0 saturated carbocycles. The summed E-state index contributed by atoms with van der Waals surface area (Å²) in [5.41, 5.74) is 1.53. The van der Waals surface area contributed by atoms with E-state index in [1.807, 2.05) is 25.0 Å². The van der Waals surface area contributed by atoms with Gasteiger partial charge in [-0.3, -0.25) is 0 Å². The summed E-state index contributed by atoms with van der Waals surface area (Å²) in [5, 5.41) is 0.647. The molecule has 0 N–H and O–H groups in total. The van der Waals surface area contributed by atoms with Crippen LogP contribution in [0.4, 0.5) is 0 Å². The lowest BCUT2D eigenvalue weighted by atomic mass is 10.1. The standard InChI is InChI=1S/C10H9ClO/c1-2-8(7-12)9-4-3-5-10(11)6-9/h3-6H,2H2,1H3. The minimum atomic E-state index is 0.647. The monoisotopic (exact) mass is 180 g/mol. The highest BCUT2D eigenvalue weighted by Gasteiger charge is 1.99. The van der Waals surface area contributed by atoms with Gasteiger partial charge in [-0.25, -0.2) is 4.79 Å². The van der Waals surface area contributed by atoms with Gasteiger partial charge in [-0.15, -0.1) is 0 Å². The van der Waals surface area contributed by atoms with Crippen molar-refractivity contribution in [1.82, 2.24) is 0 Å². The molecule has 1 rings (SSSR count). The topological polar surface area (TPSA) is 17.1 Å². The largest absolute Gasteiger partial charge is 0.233 e. The van der Waals surface area contributed by atoms with Crippen LogP contribution in [0.2, 0.25) is 5.02 Å². The van der Waals surface area contributed by atoms with Crippen LogP contribution >= 0.6 is 11.6 Å². The molecule has 0 aliphatic rings. The Labute approximate surface area is 76.7 Å². The maximum absolute atomic E-state index is 10.4. The van der Waals surface area contributed by atoms with E-state index in [0.29, 0.717) is 17.0 Å². The lowest BCUT2D eigenvalue weighted by molar-refractivity contribution is 0.569. The van der Waals surface area contributed by atoms with Gasteiger partial charge >= 0.3 is 0 Å². The maximum Gasteiger partial charge on any atom is 0.128 e. The zero-order chi connectivity index (χ0) is 8.97. The molecule has 0 radical (unpaired) electrons. The number of halogens is 1. The first kappa shape index (κ1) is 9.05. The minimum Gasteiger partial charge on any atom is -0.233 e. The van der Waals surface area contributed by atoms with E-state index in [-0.39, 0.29) is 0 Å². The van der Waals surface area contributed by atoms with E-state index >= 15 is 0 Å². The van der Waals surface area contributed by atoms with Gasteiger partial charge in [-0.1, -0.05) is 30.7 Å². The molecule has 0 aliphatic heterocycles. The molecular formula is C10H9ClO. The van der Waals surface area contributed by atoms with Crippen LogP contribution in [0.3, 0.4) is 0 Å². The number of hydrogen-bond donors (Lipinski definition) is 0. The Hall–Kier alpha value is -1.04. The summed E-state index contributed by atoms with van der Waals surface area (Å²) < 4.78 is 0. The van der Waals surface area contributed by atoms with Crippen molar-refractivity contribution in [3.63, 3.8) is 0 Å². The zero-order valence-corrected chi connectivity index (χ0v) is 7.56. The summed E-state index contributed by atoms with van der Waals surface area (Å²) in [7, 11) is 0. The van der Waals surface area contributed by atoms with Gasteiger partial charge in [0, 0.05) is 10.6 Å². The SMILES string of the molecule is CCC(=C=O)c1cccc(Cl)c1. The fraction of sp³-hybridized carbons (Fsp3) is 0.200. The van der Waals surface area contributed by atoms with Gasteiger partial charge in [0.25, 0.3) is 0 Å². The first-order valence-electron chi connectivity index (χ1n) is 3.78. The van der Waals surface area contributed by atoms with Crippen molar-refractivity contribution in [1.29, 1.82) is 0 Å². The molecule has 2 heteroatoms. The number of rotatable bonds is 2. The first-order chi connectivity index (χ1) is 5.77. The van der Waals surface area contributed by atoms with Crippen LogP contribution in [0, 0.1) is 0 Å². The van der Waals surface area contributed by atoms with Gasteiger partial charge in [-0.2, -0.15) is 0 Å². The highest BCUT2D eigenvalue weighted by atomic mass is 35.5. The van der Waals surface area contributed by atoms with Gasteiger partial charge in [0.05, 0.1) is 0 Å². The Morgan fingerprint density at radius 3 is 2.83 bits per heavy atom. The van der Waals surface area contributed by atoms with Gasteiger partial charge in [-0.05, 0) is 24.1 Å². The molecule has 0 bridgehead atoms. The molecule has 0 heterocycles. The number of hydrogen-bond acceptors (Lipinski definition) is 1. The molecule has 1 nitrogen and oxygen atoms in total. The van der Waals surface area contributed by atoms with Gasteiger partial charge < -0.3 is 0 Å². The van der Waals surface area contributed by atoms with Crippen LogP contribution in [0.5, 0.6) is 0 Å². The summed E-state index contributed by atoms with van der Waals surface area (Å²) >= 11 is 5.76. The van der Waals surface area contributed by atoms with Crippen molar-refractivity contribution >= 4 is 23.1 Å². The Kier molecular flexibility index (Phi) is 3.09. The van der Waals surface area contributed by atoms with E-state index in [1.54, 1.807) is 12.1 Å². The molecular weight excluding hydrogens is 172 g/mol. The molecule has 0 fully saturated rings. The van der Waals surface area contributed by atoms with E-state index < -0.39 is 0 Å². The number of allylic oxidation sites excluding steroid dienone is 1. The van der Waals surface area contributed by atoms with E-state index in [1.165, 1.54) is 0 Å². The van der Waals surface area contributed by atoms with Crippen LogP contribution in [-0.2, 0) is 4.79 Å². The quantitative estimate of drug-likeness (QED) is 0.640. The second-order valence-electron chi connectivity index (χ2n) is 2.44. The summed E-state index contributed by atoms with van der Waals surface area (Å²) in [6.07, 6.45) is 0.684. The van der Waals surface area contributed by atoms with Crippen molar-refractivity contribution in [3.05, 3.63) is 34.9 Å². The van der Waals surface area contributed by atoms with Crippen molar-refractivity contribution in [2.24, 2.45) is 0 Å². The van der Waals surface area contributed by atoms with Crippen molar-refractivity contribution < 1.29 is 4.79 Å². The van der Waals surface area contributed by atoms with E-state index in [0.717, 1.165) is 5.56 Å². The van der Waals surface area contributed by atoms with Crippen LogP contribution in [0.15, 0.2) is 24.3 Å². The molecule has 0 aromatic heterocycles. The van der Waals surface area contributed by atoms with Crippen molar-refractivity contribution in [2.75, 3.05) is 0 Å². The second-order valence-corrected chi connectivity index (χ2v) is 2.88. The molecule has 0 atom stereocenters. The third-order valence-corrected chi connectivity index (χ3v) is 1.88. The summed E-state index contributed by atoms with van der Waals surface area (Å²) in [5.74, 6) is 1.90. The summed E-state index contributed by atoms with van der Waals surface area (Å²) in [4.78, 5) is 10.4. The molecule has 0 amide bonds. The normalized spacial score (nSPS) is 9.17. The van der Waals surface area contributed by atoms with Crippen LogP contribution in [0.1, 0.15) is 18.9 Å². The maximum atomic E-state index is 10.4. The van der Waals surface area contributed by atoms with Crippen molar-refractivity contribution in [2.45, 2.75) is 13.3 Å². The Morgan fingerprint density at radius 2 is 2.33 bits per heavy atom. The third kappa shape index (κ3) is 1.97. The predicted molar refractivity (Wildman–Crippen MR) is 50.8 cm³/mol. The van der Waals surface area contributed by atoms with Crippen LogP contribution < -0.4 is 0 Å². The number of benzene rings is 1. The lowest BCUT2D eigenvalue weighted by Crippen LogP contribution is -1.82. The molecule has 0 aliphatic carbocycles. The molecule has 62 valence electrons. The Morgan fingerprint density at radius 1 is 1.58 bits per heavy atom. The van der Waals surface area contributed by atoms with E-state index in [2.05, 4.69) is 0 Å². The predicted octanol–water partition coefficient (Wildman–Crippen LogP) is 2.97. The van der Waals surface area contributed by atoms with Gasteiger partial charge in [0.2, 0.25) is 0 Å². The third-order valence-electron chi connectivity index (χ3n) is 1.65. The second kappa shape index (κ2) is 4.10. The minimum absolute atomic E-state index is 0.647. The average Bonchev–Trinajstić information content (AvgIpc) is 2.07. The van der Waals surface area contributed by atoms with E-state index in [9.17, 15) is 4.79 Å².